The summed E-state index contributed by atoms with van der Waals surface area (Å²) in [4.78, 5) is 16.7. The van der Waals surface area contributed by atoms with Gasteiger partial charge < -0.3 is 10.0 Å². The molecule has 1 amide bonds. The SMILES string of the molecule is CN(Cc1ccccc1)Cc1cccc(N2N=CCC2CC2(O)CCN(C(=O)C3CC3)CC2)c1. The van der Waals surface area contributed by atoms with Crippen molar-refractivity contribution in [3.63, 3.8) is 0 Å². The summed E-state index contributed by atoms with van der Waals surface area (Å²) in [5.41, 5.74) is 2.91. The molecule has 2 fully saturated rings. The van der Waals surface area contributed by atoms with E-state index in [2.05, 4.69) is 70.6 Å². The van der Waals surface area contributed by atoms with Crippen molar-refractivity contribution in [1.82, 2.24) is 9.80 Å². The number of hydrogen-bond acceptors (Lipinski definition) is 5. The normalized spacial score (nSPS) is 21.9. The van der Waals surface area contributed by atoms with Gasteiger partial charge in [0.2, 0.25) is 5.91 Å². The highest BCUT2D eigenvalue weighted by Crippen LogP contribution is 2.36. The van der Waals surface area contributed by atoms with Gasteiger partial charge in [0.05, 0.1) is 17.3 Å². The Labute approximate surface area is 202 Å². The van der Waals surface area contributed by atoms with Gasteiger partial charge in [0.15, 0.2) is 0 Å². The molecule has 1 N–H and O–H groups in total. The molecule has 6 heteroatoms. The second kappa shape index (κ2) is 9.88. The average molecular weight is 461 g/mol. The number of benzene rings is 2. The topological polar surface area (TPSA) is 59.4 Å². The molecule has 2 heterocycles. The van der Waals surface area contributed by atoms with Crippen LogP contribution in [0.25, 0.3) is 0 Å². The van der Waals surface area contributed by atoms with Gasteiger partial charge in [-0.1, -0.05) is 42.5 Å². The number of anilines is 1. The molecule has 0 spiro atoms. The number of carbonyl (C=O) groups is 1. The summed E-state index contributed by atoms with van der Waals surface area (Å²) in [5.74, 6) is 0.547. The van der Waals surface area contributed by atoms with Crippen LogP contribution in [0.4, 0.5) is 5.69 Å². The standard InChI is InChI=1S/C28H36N4O2/c1-30(20-22-6-3-2-4-7-22)21-23-8-5-9-25(18-23)32-26(12-15-29-32)19-28(34)13-16-31(17-14-28)27(33)24-10-11-24/h2-9,15,18,24,26,34H,10-14,16-17,19-21H2,1H3. The van der Waals surface area contributed by atoms with E-state index in [0.717, 1.165) is 38.0 Å². The van der Waals surface area contributed by atoms with Crippen LogP contribution in [-0.4, -0.2) is 58.8 Å². The lowest BCUT2D eigenvalue weighted by Crippen LogP contribution is -2.49. The second-order valence-corrected chi connectivity index (χ2v) is 10.4. The average Bonchev–Trinajstić information content (AvgIpc) is 3.59. The van der Waals surface area contributed by atoms with Crippen LogP contribution >= 0.6 is 0 Å². The fraction of sp³-hybridized carbons (Fsp3) is 0.500. The number of piperidine rings is 1. The fourth-order valence-corrected chi connectivity index (χ4v) is 5.33. The molecule has 5 rings (SSSR count). The van der Waals surface area contributed by atoms with E-state index < -0.39 is 5.60 Å². The predicted octanol–water partition coefficient (Wildman–Crippen LogP) is 4.04. The van der Waals surface area contributed by atoms with Crippen molar-refractivity contribution in [2.45, 2.75) is 63.3 Å². The highest BCUT2D eigenvalue weighted by molar-refractivity contribution is 5.81. The van der Waals surface area contributed by atoms with Gasteiger partial charge in [-0.15, -0.1) is 0 Å². The molecular weight excluding hydrogens is 424 g/mol. The molecule has 2 aromatic carbocycles. The summed E-state index contributed by atoms with van der Waals surface area (Å²) >= 11 is 0. The number of rotatable bonds is 8. The fourth-order valence-electron chi connectivity index (χ4n) is 5.33. The number of likely N-dealkylation sites (tertiary alicyclic amines) is 1. The minimum atomic E-state index is -0.732. The first-order valence-corrected chi connectivity index (χ1v) is 12.6. The summed E-state index contributed by atoms with van der Waals surface area (Å²) in [6.45, 7) is 3.11. The van der Waals surface area contributed by atoms with Gasteiger partial charge in [0, 0.05) is 44.7 Å². The highest BCUT2D eigenvalue weighted by atomic mass is 16.3. The van der Waals surface area contributed by atoms with Crippen LogP contribution in [0.15, 0.2) is 59.7 Å². The van der Waals surface area contributed by atoms with E-state index in [1.165, 1.54) is 11.1 Å². The van der Waals surface area contributed by atoms with Crippen molar-refractivity contribution in [3.8, 4) is 0 Å². The number of amides is 1. The largest absolute Gasteiger partial charge is 0.390 e. The van der Waals surface area contributed by atoms with Crippen molar-refractivity contribution in [2.75, 3.05) is 25.1 Å². The summed E-state index contributed by atoms with van der Waals surface area (Å²) in [6, 6.07) is 19.3. The molecule has 34 heavy (non-hydrogen) atoms. The zero-order valence-electron chi connectivity index (χ0n) is 20.1. The molecule has 0 bridgehead atoms. The minimum absolute atomic E-state index is 0.146. The molecule has 180 valence electrons. The van der Waals surface area contributed by atoms with Crippen molar-refractivity contribution < 1.29 is 9.90 Å². The van der Waals surface area contributed by atoms with Crippen LogP contribution in [0.2, 0.25) is 0 Å². The first-order chi connectivity index (χ1) is 16.5. The highest BCUT2D eigenvalue weighted by Gasteiger charge is 2.41. The van der Waals surface area contributed by atoms with Gasteiger partial charge in [-0.05, 0) is 62.4 Å². The van der Waals surface area contributed by atoms with Crippen LogP contribution in [-0.2, 0) is 17.9 Å². The monoisotopic (exact) mass is 460 g/mol. The van der Waals surface area contributed by atoms with Crippen molar-refractivity contribution >= 4 is 17.8 Å². The Bertz CT molecular complexity index is 1010. The van der Waals surface area contributed by atoms with Gasteiger partial charge in [-0.25, -0.2) is 0 Å². The van der Waals surface area contributed by atoms with Crippen molar-refractivity contribution in [2.24, 2.45) is 11.0 Å². The number of carbonyl (C=O) groups excluding carboxylic acids is 1. The molecule has 1 saturated heterocycles. The molecule has 1 unspecified atom stereocenters. The van der Waals surface area contributed by atoms with E-state index in [0.29, 0.717) is 38.3 Å². The zero-order chi connectivity index (χ0) is 23.5. The Balaban J connectivity index is 1.19. The summed E-state index contributed by atoms with van der Waals surface area (Å²) < 4.78 is 0. The lowest BCUT2D eigenvalue weighted by atomic mass is 9.84. The third-order valence-electron chi connectivity index (χ3n) is 7.40. The van der Waals surface area contributed by atoms with Crippen LogP contribution in [0, 0.1) is 5.92 Å². The Morgan fingerprint density at radius 2 is 1.76 bits per heavy atom. The van der Waals surface area contributed by atoms with E-state index in [1.807, 2.05) is 17.2 Å². The maximum atomic E-state index is 12.4. The first-order valence-electron chi connectivity index (χ1n) is 12.6. The number of hydrogen-bond donors (Lipinski definition) is 1. The molecule has 2 aliphatic heterocycles. The molecule has 1 saturated carbocycles. The lowest BCUT2D eigenvalue weighted by Gasteiger charge is -2.40. The molecule has 3 aliphatic rings. The maximum Gasteiger partial charge on any atom is 0.225 e. The van der Waals surface area contributed by atoms with E-state index in [-0.39, 0.29) is 12.0 Å². The minimum Gasteiger partial charge on any atom is -0.390 e. The van der Waals surface area contributed by atoms with Crippen LogP contribution in [0.3, 0.4) is 0 Å². The van der Waals surface area contributed by atoms with E-state index in [1.54, 1.807) is 0 Å². The zero-order valence-corrected chi connectivity index (χ0v) is 20.1. The Morgan fingerprint density at radius 1 is 1.06 bits per heavy atom. The molecular formula is C28H36N4O2. The molecule has 0 radical (unpaired) electrons. The predicted molar refractivity (Wildman–Crippen MR) is 136 cm³/mol. The number of hydrazone groups is 1. The van der Waals surface area contributed by atoms with Gasteiger partial charge >= 0.3 is 0 Å². The summed E-state index contributed by atoms with van der Waals surface area (Å²) in [7, 11) is 2.15. The molecule has 1 aliphatic carbocycles. The van der Waals surface area contributed by atoms with E-state index >= 15 is 0 Å². The summed E-state index contributed by atoms with van der Waals surface area (Å²) in [6.07, 6.45) is 6.86. The Kier molecular flexibility index (Phi) is 6.70. The van der Waals surface area contributed by atoms with Gasteiger partial charge in [-0.2, -0.15) is 5.10 Å². The summed E-state index contributed by atoms with van der Waals surface area (Å²) in [5, 5.41) is 18.1. The molecule has 0 aromatic heterocycles. The van der Waals surface area contributed by atoms with Gasteiger partial charge in [-0.3, -0.25) is 14.7 Å². The molecule has 2 aromatic rings. The Hall–Kier alpha value is -2.70. The molecule has 6 nitrogen and oxygen atoms in total. The van der Waals surface area contributed by atoms with Crippen LogP contribution in [0.5, 0.6) is 0 Å². The van der Waals surface area contributed by atoms with Crippen LogP contribution in [0.1, 0.15) is 49.7 Å². The van der Waals surface area contributed by atoms with E-state index in [9.17, 15) is 9.90 Å². The molecule has 1 atom stereocenters. The van der Waals surface area contributed by atoms with Gasteiger partial charge in [0.25, 0.3) is 0 Å². The quantitative estimate of drug-likeness (QED) is 0.646. The number of nitrogens with zero attached hydrogens (tertiary/aromatic N) is 4. The van der Waals surface area contributed by atoms with Gasteiger partial charge in [0.1, 0.15) is 0 Å². The third-order valence-corrected chi connectivity index (χ3v) is 7.40. The first kappa shape index (κ1) is 23.1. The Morgan fingerprint density at radius 3 is 2.50 bits per heavy atom. The van der Waals surface area contributed by atoms with Crippen LogP contribution < -0.4 is 5.01 Å². The second-order valence-electron chi connectivity index (χ2n) is 10.4. The number of aliphatic hydroxyl groups is 1. The smallest absolute Gasteiger partial charge is 0.225 e. The van der Waals surface area contributed by atoms with Crippen molar-refractivity contribution in [1.29, 1.82) is 0 Å². The maximum absolute atomic E-state index is 12.4. The van der Waals surface area contributed by atoms with Crippen molar-refractivity contribution in [3.05, 3.63) is 65.7 Å². The van der Waals surface area contributed by atoms with E-state index in [4.69, 9.17) is 0 Å². The lowest BCUT2D eigenvalue weighted by molar-refractivity contribution is -0.137. The third kappa shape index (κ3) is 5.50.